The first kappa shape index (κ1) is 23.0. The van der Waals surface area contributed by atoms with Gasteiger partial charge >= 0.3 is 0 Å². The molecule has 0 aliphatic carbocycles. The Labute approximate surface area is 193 Å². The molecule has 2 heterocycles. The summed E-state index contributed by atoms with van der Waals surface area (Å²) in [6.45, 7) is 9.08. The minimum absolute atomic E-state index is 0. The summed E-state index contributed by atoms with van der Waals surface area (Å²) in [6.07, 6.45) is 2.94. The van der Waals surface area contributed by atoms with Crippen molar-refractivity contribution >= 4 is 11.6 Å². The van der Waals surface area contributed by atoms with E-state index in [1.807, 2.05) is 61.3 Å². The fourth-order valence-corrected chi connectivity index (χ4v) is 3.55. The van der Waals surface area contributed by atoms with Gasteiger partial charge in [0.2, 0.25) is 5.91 Å². The minimum Gasteiger partial charge on any atom is -0.453 e. The maximum atomic E-state index is 13.1. The molecule has 0 spiro atoms. The molecule has 1 amide bonds. The molecule has 2 unspecified atom stereocenters. The van der Waals surface area contributed by atoms with Gasteiger partial charge in [-0.1, -0.05) is 44.3 Å². The quantitative estimate of drug-likeness (QED) is 0.650. The molecule has 147 valence electrons. The van der Waals surface area contributed by atoms with Crippen LogP contribution in [0.15, 0.2) is 30.3 Å². The van der Waals surface area contributed by atoms with Crippen LogP contribution >= 0.6 is 0 Å². The van der Waals surface area contributed by atoms with Crippen molar-refractivity contribution in [2.24, 2.45) is 11.8 Å². The molecule has 0 bridgehead atoms. The van der Waals surface area contributed by atoms with Crippen molar-refractivity contribution < 1.29 is 37.5 Å². The maximum Gasteiger partial charge on any atom is 0.231 e. The Morgan fingerprint density at radius 3 is 2.68 bits per heavy atom. The van der Waals surface area contributed by atoms with Crippen LogP contribution in [0.3, 0.4) is 0 Å². The van der Waals surface area contributed by atoms with Crippen molar-refractivity contribution in [2.75, 3.05) is 18.1 Å². The molecule has 1 aromatic heterocycles. The second kappa shape index (κ2) is 9.95. The standard InChI is InChI=1S/C22H28N4O.Y/c1-15-12-19-8-6-7-9-21(19)26(22(27)17(15)3)14-25(5)11-10-20-13-16(2)23-18(4)24-20;/h6-10,13,15,17H,5,11-12,14H2,1-4H3;/q-2;. The monoisotopic (exact) mass is 453 g/mol. The van der Waals surface area contributed by atoms with Gasteiger partial charge in [-0.15, -0.1) is 0 Å². The van der Waals surface area contributed by atoms with Crippen LogP contribution in [0.25, 0.3) is 0 Å². The van der Waals surface area contributed by atoms with Crippen molar-refractivity contribution in [2.45, 2.75) is 34.1 Å². The van der Waals surface area contributed by atoms with Crippen molar-refractivity contribution in [1.29, 1.82) is 0 Å². The van der Waals surface area contributed by atoms with Crippen LogP contribution in [-0.2, 0) is 43.9 Å². The van der Waals surface area contributed by atoms with Gasteiger partial charge in [-0.05, 0) is 43.5 Å². The molecule has 2 aromatic rings. The average molecular weight is 453 g/mol. The Kier molecular flexibility index (Phi) is 8.17. The zero-order chi connectivity index (χ0) is 19.6. The Morgan fingerprint density at radius 1 is 1.25 bits per heavy atom. The molecule has 1 radical (unpaired) electrons. The smallest absolute Gasteiger partial charge is 0.231 e. The van der Waals surface area contributed by atoms with Gasteiger partial charge in [0.1, 0.15) is 5.82 Å². The Hall–Kier alpha value is -1.30. The molecule has 0 saturated heterocycles. The predicted molar refractivity (Wildman–Crippen MR) is 108 cm³/mol. The molecule has 0 fully saturated rings. The maximum absolute atomic E-state index is 13.1. The summed E-state index contributed by atoms with van der Waals surface area (Å²) in [4.78, 5) is 25.6. The van der Waals surface area contributed by atoms with Crippen molar-refractivity contribution in [3.05, 3.63) is 66.6 Å². The third-order valence-electron chi connectivity index (χ3n) is 5.22. The number of fused-ring (bicyclic) bond motifs is 1. The van der Waals surface area contributed by atoms with E-state index in [1.165, 1.54) is 5.56 Å². The molecule has 28 heavy (non-hydrogen) atoms. The van der Waals surface area contributed by atoms with Crippen LogP contribution in [0.2, 0.25) is 0 Å². The molecule has 1 aliphatic heterocycles. The first-order valence-electron chi connectivity index (χ1n) is 9.45. The van der Waals surface area contributed by atoms with Crippen LogP contribution in [0.4, 0.5) is 5.69 Å². The Balaban J connectivity index is 0.00000280. The Bertz CT molecular complexity index is 806. The number of aryl methyl sites for hydroxylation is 2. The summed E-state index contributed by atoms with van der Waals surface area (Å²) in [5.74, 6) is 1.23. The summed E-state index contributed by atoms with van der Waals surface area (Å²) in [5, 5.41) is 0. The van der Waals surface area contributed by atoms with E-state index in [2.05, 4.69) is 30.0 Å². The first-order valence-corrected chi connectivity index (χ1v) is 9.45. The van der Waals surface area contributed by atoms with Crippen molar-refractivity contribution in [1.82, 2.24) is 14.9 Å². The third-order valence-corrected chi connectivity index (χ3v) is 5.22. The van der Waals surface area contributed by atoms with Crippen LogP contribution in [-0.4, -0.2) is 34.0 Å². The van der Waals surface area contributed by atoms with Gasteiger partial charge in [0.15, 0.2) is 0 Å². The summed E-state index contributed by atoms with van der Waals surface area (Å²) in [5.41, 5.74) is 4.06. The molecule has 0 N–H and O–H groups in total. The van der Waals surface area contributed by atoms with E-state index in [9.17, 15) is 4.79 Å². The zero-order valence-electron chi connectivity index (χ0n) is 17.2. The van der Waals surface area contributed by atoms with Gasteiger partial charge < -0.3 is 9.80 Å². The summed E-state index contributed by atoms with van der Waals surface area (Å²) in [7, 11) is 4.14. The van der Waals surface area contributed by atoms with Crippen molar-refractivity contribution in [3.8, 4) is 0 Å². The normalized spacial score (nSPS) is 19.1. The van der Waals surface area contributed by atoms with E-state index >= 15 is 0 Å². The van der Waals surface area contributed by atoms with E-state index < -0.39 is 0 Å². The first-order chi connectivity index (χ1) is 12.8. The van der Waals surface area contributed by atoms with Gasteiger partial charge in [0.05, 0.1) is 6.67 Å². The number of aromatic nitrogens is 2. The van der Waals surface area contributed by atoms with Crippen LogP contribution in [0, 0.1) is 39.2 Å². The number of amides is 1. The number of anilines is 1. The van der Waals surface area contributed by atoms with Crippen LogP contribution in [0.5, 0.6) is 0 Å². The van der Waals surface area contributed by atoms with Gasteiger partial charge in [0.25, 0.3) is 0 Å². The number of hydrogen-bond acceptors (Lipinski definition) is 4. The van der Waals surface area contributed by atoms with E-state index in [4.69, 9.17) is 0 Å². The van der Waals surface area contributed by atoms with Gasteiger partial charge in [-0.3, -0.25) is 21.8 Å². The number of benzene rings is 1. The van der Waals surface area contributed by atoms with Crippen molar-refractivity contribution in [3.63, 3.8) is 0 Å². The summed E-state index contributed by atoms with van der Waals surface area (Å²) in [6, 6.07) is 10.1. The zero-order valence-corrected chi connectivity index (χ0v) is 20.1. The number of carbonyl (C=O) groups is 1. The summed E-state index contributed by atoms with van der Waals surface area (Å²) < 4.78 is 0. The fourth-order valence-electron chi connectivity index (χ4n) is 3.55. The molecule has 1 aromatic carbocycles. The fraction of sp³-hybridized carbons (Fsp3) is 0.409. The van der Waals surface area contributed by atoms with Gasteiger partial charge in [-0.2, -0.15) is 12.5 Å². The minimum atomic E-state index is -0.0121. The number of rotatable bonds is 5. The molecule has 0 saturated carbocycles. The van der Waals surface area contributed by atoms with E-state index in [-0.39, 0.29) is 44.5 Å². The van der Waals surface area contributed by atoms with Crippen LogP contribution in [0.1, 0.15) is 36.6 Å². The molecule has 3 rings (SSSR count). The number of nitrogens with zero attached hydrogens (tertiary/aromatic N) is 4. The molecular formula is C22H28N4OY-2. The molecule has 6 heteroatoms. The van der Waals surface area contributed by atoms with E-state index in [0.29, 0.717) is 19.1 Å². The number of para-hydroxylation sites is 1. The number of hydrogen-bond donors (Lipinski definition) is 0. The van der Waals surface area contributed by atoms with E-state index in [0.717, 1.165) is 29.3 Å². The molecule has 1 aliphatic rings. The average Bonchev–Trinajstić information content (AvgIpc) is 2.70. The third kappa shape index (κ3) is 5.40. The predicted octanol–water partition coefficient (Wildman–Crippen LogP) is 3.56. The van der Waals surface area contributed by atoms with E-state index in [1.54, 1.807) is 0 Å². The van der Waals surface area contributed by atoms with Gasteiger partial charge in [0, 0.05) is 44.3 Å². The number of carbonyl (C=O) groups excluding carboxylic acids is 1. The SMILES string of the molecule is [CH2-]N(C[CH-]c1cc(C)nc(C)n1)CN1C(=O)C(C)C(C)Cc2ccccc21.[Y]. The van der Waals surface area contributed by atoms with Crippen LogP contribution < -0.4 is 4.90 Å². The molecule has 5 nitrogen and oxygen atoms in total. The largest absolute Gasteiger partial charge is 0.453 e. The Morgan fingerprint density at radius 2 is 1.96 bits per heavy atom. The molecule has 2 atom stereocenters. The second-order valence-corrected chi connectivity index (χ2v) is 7.55. The summed E-state index contributed by atoms with van der Waals surface area (Å²) >= 11 is 0. The molecular weight excluding hydrogens is 425 g/mol. The second-order valence-electron chi connectivity index (χ2n) is 7.55. The topological polar surface area (TPSA) is 49.3 Å². The van der Waals surface area contributed by atoms with Gasteiger partial charge in [-0.25, -0.2) is 0 Å².